The lowest BCUT2D eigenvalue weighted by Crippen LogP contribution is -2.21. The lowest BCUT2D eigenvalue weighted by Gasteiger charge is -1.97. The van der Waals surface area contributed by atoms with E-state index in [4.69, 9.17) is 19.8 Å². The Morgan fingerprint density at radius 1 is 0.917 bits per heavy atom. The molecular weight excluding hydrogens is 348 g/mol. The molecule has 0 fully saturated rings. The summed E-state index contributed by atoms with van der Waals surface area (Å²) in [5.41, 5.74) is 1.40. The first kappa shape index (κ1) is 24.0. The number of carboxylic acids is 2. The first-order valence-corrected chi connectivity index (χ1v) is 6.11. The number of benzene rings is 1. The van der Waals surface area contributed by atoms with Gasteiger partial charge in [-0.05, 0) is 25.6 Å². The van der Waals surface area contributed by atoms with Gasteiger partial charge in [-0.15, -0.1) is 0 Å². The Labute approximate surface area is 132 Å². The van der Waals surface area contributed by atoms with Crippen molar-refractivity contribution in [3.05, 3.63) is 35.9 Å². The summed E-state index contributed by atoms with van der Waals surface area (Å²) in [6.07, 6.45) is -9.04. The van der Waals surface area contributed by atoms with Crippen LogP contribution >= 0.6 is 0 Å². The number of aliphatic carboxylic acids is 2. The molecule has 138 valence electrons. The van der Waals surface area contributed by atoms with Crippen molar-refractivity contribution >= 4 is 11.9 Å². The minimum atomic E-state index is -5.08. The van der Waals surface area contributed by atoms with E-state index in [1.54, 1.807) is 0 Å². The number of alkyl halides is 6. The molecule has 1 aromatic rings. The Bertz CT molecular complexity index is 463. The Morgan fingerprint density at radius 2 is 1.25 bits per heavy atom. The van der Waals surface area contributed by atoms with Crippen LogP contribution in [0.4, 0.5) is 26.3 Å². The quantitative estimate of drug-likeness (QED) is 0.719. The van der Waals surface area contributed by atoms with Crippen LogP contribution in [-0.4, -0.2) is 48.1 Å². The van der Waals surface area contributed by atoms with Gasteiger partial charge in [0, 0.05) is 0 Å². The van der Waals surface area contributed by atoms with Gasteiger partial charge >= 0.3 is 24.3 Å². The molecular formula is C13H15F6NO4. The highest BCUT2D eigenvalue weighted by molar-refractivity contribution is 5.73. The molecule has 1 rings (SSSR count). The number of hydrogen-bond acceptors (Lipinski definition) is 3. The van der Waals surface area contributed by atoms with Crippen molar-refractivity contribution in [1.29, 1.82) is 0 Å². The molecule has 0 aliphatic carbocycles. The molecule has 1 aromatic carbocycles. The molecule has 0 aromatic heterocycles. The average molecular weight is 363 g/mol. The first-order chi connectivity index (χ1) is 10.8. The van der Waals surface area contributed by atoms with E-state index >= 15 is 0 Å². The number of halogens is 6. The van der Waals surface area contributed by atoms with Crippen LogP contribution in [-0.2, 0) is 16.0 Å². The van der Waals surface area contributed by atoms with Crippen molar-refractivity contribution in [2.75, 3.05) is 13.6 Å². The van der Waals surface area contributed by atoms with Crippen molar-refractivity contribution in [2.24, 2.45) is 0 Å². The topological polar surface area (TPSA) is 86.6 Å². The van der Waals surface area contributed by atoms with Crippen LogP contribution in [0, 0.1) is 0 Å². The summed E-state index contributed by atoms with van der Waals surface area (Å²) in [6, 6.07) is 10.5. The summed E-state index contributed by atoms with van der Waals surface area (Å²) in [7, 11) is 1.98. The lowest BCUT2D eigenvalue weighted by atomic mass is 10.2. The van der Waals surface area contributed by atoms with Gasteiger partial charge in [0.2, 0.25) is 0 Å². The normalized spacial score (nSPS) is 10.6. The predicted octanol–water partition coefficient (Wildman–Crippen LogP) is 2.72. The summed E-state index contributed by atoms with van der Waals surface area (Å²) < 4.78 is 63.5. The molecule has 0 amide bonds. The van der Waals surface area contributed by atoms with E-state index in [9.17, 15) is 26.3 Å². The second kappa shape index (κ2) is 11.3. The van der Waals surface area contributed by atoms with Gasteiger partial charge in [-0.1, -0.05) is 30.3 Å². The van der Waals surface area contributed by atoms with Crippen LogP contribution in [0.3, 0.4) is 0 Å². The molecule has 5 nitrogen and oxygen atoms in total. The molecule has 0 aliphatic heterocycles. The molecule has 0 unspecified atom stereocenters. The van der Waals surface area contributed by atoms with E-state index in [0.29, 0.717) is 0 Å². The zero-order chi connectivity index (χ0) is 19.4. The molecule has 24 heavy (non-hydrogen) atoms. The number of nitrogens with one attached hydrogen (secondary N) is 1. The van der Waals surface area contributed by atoms with E-state index in [2.05, 4.69) is 29.6 Å². The molecule has 3 N–H and O–H groups in total. The van der Waals surface area contributed by atoms with Crippen molar-refractivity contribution in [2.45, 2.75) is 18.8 Å². The van der Waals surface area contributed by atoms with E-state index in [-0.39, 0.29) is 0 Å². The van der Waals surface area contributed by atoms with Crippen molar-refractivity contribution in [1.82, 2.24) is 5.32 Å². The standard InChI is InChI=1S/C9H13N.2C2HF3O2/c1-10-8-7-9-5-3-2-4-6-9;2*3-2(4,5)1(6)7/h2-6,10H,7-8H2,1H3;2*(H,6,7). The third-order valence-corrected chi connectivity index (χ3v) is 1.99. The summed E-state index contributed by atoms with van der Waals surface area (Å²) in [4.78, 5) is 17.8. The molecule has 0 bridgehead atoms. The highest BCUT2D eigenvalue weighted by Gasteiger charge is 2.38. The van der Waals surface area contributed by atoms with Gasteiger partial charge in [0.1, 0.15) is 0 Å². The second-order valence-electron chi connectivity index (χ2n) is 3.94. The Hall–Kier alpha value is -2.30. The summed E-state index contributed by atoms with van der Waals surface area (Å²) in [5.74, 6) is -5.51. The van der Waals surface area contributed by atoms with Gasteiger partial charge in [-0.3, -0.25) is 0 Å². The number of rotatable bonds is 3. The zero-order valence-electron chi connectivity index (χ0n) is 12.3. The highest BCUT2D eigenvalue weighted by Crippen LogP contribution is 2.13. The number of carbonyl (C=O) groups is 2. The fourth-order valence-electron chi connectivity index (χ4n) is 0.914. The Kier molecular flexibility index (Phi) is 11.2. The monoisotopic (exact) mass is 363 g/mol. The van der Waals surface area contributed by atoms with Crippen molar-refractivity contribution in [3.8, 4) is 0 Å². The SMILES string of the molecule is CNCCc1ccccc1.O=C(O)C(F)(F)F.O=C(O)C(F)(F)F. The Morgan fingerprint density at radius 3 is 1.50 bits per heavy atom. The van der Waals surface area contributed by atoms with Crippen molar-refractivity contribution < 1.29 is 46.1 Å². The highest BCUT2D eigenvalue weighted by atomic mass is 19.4. The fraction of sp³-hybridized carbons (Fsp3) is 0.385. The van der Waals surface area contributed by atoms with Crippen LogP contribution in [0.5, 0.6) is 0 Å². The minimum absolute atomic E-state index is 1.06. The Balaban J connectivity index is 0. The third kappa shape index (κ3) is 14.6. The van der Waals surface area contributed by atoms with Crippen LogP contribution in [0.1, 0.15) is 5.56 Å². The average Bonchev–Trinajstić information content (AvgIpc) is 2.45. The third-order valence-electron chi connectivity index (χ3n) is 1.99. The maximum absolute atomic E-state index is 10.6. The smallest absolute Gasteiger partial charge is 0.475 e. The van der Waals surface area contributed by atoms with Crippen LogP contribution in [0.2, 0.25) is 0 Å². The maximum atomic E-state index is 10.6. The van der Waals surface area contributed by atoms with Gasteiger partial charge in [0.05, 0.1) is 0 Å². The minimum Gasteiger partial charge on any atom is -0.475 e. The first-order valence-electron chi connectivity index (χ1n) is 6.11. The lowest BCUT2D eigenvalue weighted by molar-refractivity contribution is -0.193. The van der Waals surface area contributed by atoms with Crippen LogP contribution in [0.25, 0.3) is 0 Å². The van der Waals surface area contributed by atoms with Crippen LogP contribution in [0.15, 0.2) is 30.3 Å². The number of likely N-dealkylation sites (N-methyl/N-ethyl adjacent to an activating group) is 1. The molecule has 11 heteroatoms. The summed E-state index contributed by atoms with van der Waals surface area (Å²) >= 11 is 0. The molecule has 0 saturated carbocycles. The molecule has 0 saturated heterocycles. The number of carboxylic acid groups (broad SMARTS) is 2. The molecule has 0 radical (unpaired) electrons. The molecule has 0 heterocycles. The van der Waals surface area contributed by atoms with E-state index < -0.39 is 24.3 Å². The molecule has 0 atom stereocenters. The molecule has 0 aliphatic rings. The van der Waals surface area contributed by atoms with Gasteiger partial charge in [-0.2, -0.15) is 26.3 Å². The maximum Gasteiger partial charge on any atom is 0.490 e. The van der Waals surface area contributed by atoms with E-state index in [0.717, 1.165) is 13.0 Å². The van der Waals surface area contributed by atoms with Gasteiger partial charge in [0.15, 0.2) is 0 Å². The summed E-state index contributed by atoms with van der Waals surface area (Å²) in [5, 5.41) is 17.4. The zero-order valence-corrected chi connectivity index (χ0v) is 12.3. The molecule has 0 spiro atoms. The summed E-state index contributed by atoms with van der Waals surface area (Å²) in [6.45, 7) is 1.06. The van der Waals surface area contributed by atoms with Gasteiger partial charge < -0.3 is 15.5 Å². The van der Waals surface area contributed by atoms with E-state index in [1.807, 2.05) is 13.1 Å². The van der Waals surface area contributed by atoms with Gasteiger partial charge in [0.25, 0.3) is 0 Å². The van der Waals surface area contributed by atoms with Crippen molar-refractivity contribution in [3.63, 3.8) is 0 Å². The number of hydrogen-bond donors (Lipinski definition) is 3. The fourth-order valence-corrected chi connectivity index (χ4v) is 0.914. The predicted molar refractivity (Wildman–Crippen MR) is 71.5 cm³/mol. The second-order valence-corrected chi connectivity index (χ2v) is 3.94. The van der Waals surface area contributed by atoms with Crippen LogP contribution < -0.4 is 5.32 Å². The largest absolute Gasteiger partial charge is 0.490 e. The van der Waals surface area contributed by atoms with Gasteiger partial charge in [-0.25, -0.2) is 9.59 Å². The van der Waals surface area contributed by atoms with E-state index in [1.165, 1.54) is 5.56 Å².